The third-order valence-corrected chi connectivity index (χ3v) is 3.89. The van der Waals surface area contributed by atoms with Crippen LogP contribution in [0.3, 0.4) is 0 Å². The zero-order valence-corrected chi connectivity index (χ0v) is 14.3. The van der Waals surface area contributed by atoms with Gasteiger partial charge in [-0.1, -0.05) is 0 Å². The Morgan fingerprint density at radius 3 is 2.21 bits per heavy atom. The van der Waals surface area contributed by atoms with Gasteiger partial charge in [0.1, 0.15) is 6.04 Å². The minimum atomic E-state index is -0.671. The molecular formula is C16H22N2O6. The highest BCUT2D eigenvalue weighted by molar-refractivity contribution is 5.98. The third-order valence-electron chi connectivity index (χ3n) is 3.89. The fourth-order valence-corrected chi connectivity index (χ4v) is 2.66. The van der Waals surface area contributed by atoms with Gasteiger partial charge in [0.2, 0.25) is 5.75 Å². The summed E-state index contributed by atoms with van der Waals surface area (Å²) >= 11 is 0. The summed E-state index contributed by atoms with van der Waals surface area (Å²) in [5.74, 6) is 0.408. The summed E-state index contributed by atoms with van der Waals surface area (Å²) in [5, 5.41) is 3.09. The van der Waals surface area contributed by atoms with E-state index in [0.29, 0.717) is 42.4 Å². The molecule has 24 heavy (non-hydrogen) atoms. The molecule has 0 bridgehead atoms. The van der Waals surface area contributed by atoms with E-state index in [1.54, 1.807) is 12.1 Å². The quantitative estimate of drug-likeness (QED) is 0.773. The van der Waals surface area contributed by atoms with Crippen molar-refractivity contribution in [1.82, 2.24) is 10.2 Å². The Balaban J connectivity index is 2.39. The van der Waals surface area contributed by atoms with E-state index in [-0.39, 0.29) is 5.91 Å². The molecule has 8 heteroatoms. The summed E-state index contributed by atoms with van der Waals surface area (Å²) in [6.45, 7) is 1.35. The molecule has 1 aliphatic rings. The first kappa shape index (κ1) is 17.9. The van der Waals surface area contributed by atoms with Gasteiger partial charge in [-0.3, -0.25) is 4.79 Å². The van der Waals surface area contributed by atoms with Crippen LogP contribution in [0.5, 0.6) is 17.2 Å². The zero-order chi connectivity index (χ0) is 17.7. The molecule has 1 fully saturated rings. The van der Waals surface area contributed by atoms with Gasteiger partial charge in [-0.25, -0.2) is 4.79 Å². The Kier molecular flexibility index (Phi) is 5.86. The highest BCUT2D eigenvalue weighted by atomic mass is 16.5. The fourth-order valence-electron chi connectivity index (χ4n) is 2.66. The molecule has 0 saturated carbocycles. The summed E-state index contributed by atoms with van der Waals surface area (Å²) in [7, 11) is 5.76. The normalized spacial score (nSPS) is 17.2. The Morgan fingerprint density at radius 2 is 1.71 bits per heavy atom. The second-order valence-electron chi connectivity index (χ2n) is 5.16. The minimum absolute atomic E-state index is 0.300. The van der Waals surface area contributed by atoms with Gasteiger partial charge >= 0.3 is 5.97 Å². The van der Waals surface area contributed by atoms with E-state index in [0.717, 1.165) is 0 Å². The summed E-state index contributed by atoms with van der Waals surface area (Å²) in [4.78, 5) is 26.3. The number of carbonyl (C=O) groups is 2. The van der Waals surface area contributed by atoms with Crippen LogP contribution < -0.4 is 19.5 Å². The van der Waals surface area contributed by atoms with Crippen LogP contribution in [0.2, 0.25) is 0 Å². The van der Waals surface area contributed by atoms with Gasteiger partial charge in [-0.15, -0.1) is 0 Å². The topological polar surface area (TPSA) is 86.3 Å². The summed E-state index contributed by atoms with van der Waals surface area (Å²) in [6.07, 6.45) is 0. The standard InChI is InChI=1S/C16H22N2O6/c1-21-12-7-10(8-13(22-2)14(12)23-3)15(19)18-6-5-17-9-11(18)16(20)24-4/h7-8,11,17H,5-6,9H2,1-4H3. The number of piperazine rings is 1. The number of hydrogen-bond donors (Lipinski definition) is 1. The lowest BCUT2D eigenvalue weighted by Gasteiger charge is -2.34. The average molecular weight is 338 g/mol. The number of methoxy groups -OCH3 is 4. The van der Waals surface area contributed by atoms with Crippen LogP contribution in [0, 0.1) is 0 Å². The predicted molar refractivity (Wildman–Crippen MR) is 85.8 cm³/mol. The molecule has 132 valence electrons. The van der Waals surface area contributed by atoms with Gasteiger partial charge in [0.05, 0.1) is 28.4 Å². The average Bonchev–Trinajstić information content (AvgIpc) is 2.65. The van der Waals surface area contributed by atoms with E-state index in [9.17, 15) is 9.59 Å². The van der Waals surface area contributed by atoms with Crippen molar-refractivity contribution in [1.29, 1.82) is 0 Å². The molecule has 1 aromatic rings. The number of carbonyl (C=O) groups excluding carboxylic acids is 2. The second-order valence-corrected chi connectivity index (χ2v) is 5.16. The third kappa shape index (κ3) is 3.38. The summed E-state index contributed by atoms with van der Waals surface area (Å²) < 4.78 is 20.6. The summed E-state index contributed by atoms with van der Waals surface area (Å²) in [5.41, 5.74) is 0.348. The minimum Gasteiger partial charge on any atom is -0.493 e. The molecule has 0 aliphatic carbocycles. The van der Waals surface area contributed by atoms with Crippen LogP contribution in [0.25, 0.3) is 0 Å². The van der Waals surface area contributed by atoms with E-state index in [4.69, 9.17) is 18.9 Å². The van der Waals surface area contributed by atoms with E-state index in [1.165, 1.54) is 33.3 Å². The van der Waals surface area contributed by atoms with Gasteiger partial charge in [0, 0.05) is 25.2 Å². The molecular weight excluding hydrogens is 316 g/mol. The smallest absolute Gasteiger partial charge is 0.329 e. The van der Waals surface area contributed by atoms with Crippen LogP contribution in [-0.2, 0) is 9.53 Å². The number of esters is 1. The lowest BCUT2D eigenvalue weighted by Crippen LogP contribution is -2.57. The SMILES string of the molecule is COC(=O)C1CNCCN1C(=O)c1cc(OC)c(OC)c(OC)c1. The van der Waals surface area contributed by atoms with Crippen molar-refractivity contribution in [3.63, 3.8) is 0 Å². The molecule has 1 unspecified atom stereocenters. The van der Waals surface area contributed by atoms with Gasteiger partial charge in [-0.2, -0.15) is 0 Å². The Morgan fingerprint density at radius 1 is 1.08 bits per heavy atom. The van der Waals surface area contributed by atoms with Crippen molar-refractivity contribution in [3.05, 3.63) is 17.7 Å². The van der Waals surface area contributed by atoms with E-state index >= 15 is 0 Å². The molecule has 2 rings (SSSR count). The molecule has 1 aliphatic heterocycles. The van der Waals surface area contributed by atoms with Crippen molar-refractivity contribution in [2.45, 2.75) is 6.04 Å². The fraction of sp³-hybridized carbons (Fsp3) is 0.500. The molecule has 1 N–H and O–H groups in total. The molecule has 0 radical (unpaired) electrons. The van der Waals surface area contributed by atoms with Gasteiger partial charge in [0.25, 0.3) is 5.91 Å². The molecule has 0 aromatic heterocycles. The first-order valence-corrected chi connectivity index (χ1v) is 7.46. The highest BCUT2D eigenvalue weighted by Gasteiger charge is 2.34. The Hall–Kier alpha value is -2.48. The Bertz CT molecular complexity index is 594. The van der Waals surface area contributed by atoms with Crippen LogP contribution in [0.4, 0.5) is 0 Å². The molecule has 1 atom stereocenters. The molecule has 1 saturated heterocycles. The monoisotopic (exact) mass is 338 g/mol. The number of rotatable bonds is 5. The maximum Gasteiger partial charge on any atom is 0.329 e. The molecule has 1 aromatic carbocycles. The van der Waals surface area contributed by atoms with Crippen LogP contribution in [-0.4, -0.2) is 70.9 Å². The van der Waals surface area contributed by atoms with E-state index in [1.807, 2.05) is 0 Å². The molecule has 1 amide bonds. The first-order valence-electron chi connectivity index (χ1n) is 7.46. The van der Waals surface area contributed by atoms with E-state index in [2.05, 4.69) is 5.32 Å². The molecule has 8 nitrogen and oxygen atoms in total. The molecule has 1 heterocycles. The number of hydrogen-bond acceptors (Lipinski definition) is 7. The lowest BCUT2D eigenvalue weighted by atomic mass is 10.1. The highest BCUT2D eigenvalue weighted by Crippen LogP contribution is 2.38. The van der Waals surface area contributed by atoms with Crippen molar-refractivity contribution in [2.24, 2.45) is 0 Å². The number of nitrogens with zero attached hydrogens (tertiary/aromatic N) is 1. The second kappa shape index (κ2) is 7.87. The maximum atomic E-state index is 12.9. The van der Waals surface area contributed by atoms with Gasteiger partial charge in [0.15, 0.2) is 11.5 Å². The number of nitrogens with one attached hydrogen (secondary N) is 1. The van der Waals surface area contributed by atoms with E-state index < -0.39 is 12.0 Å². The van der Waals surface area contributed by atoms with Gasteiger partial charge < -0.3 is 29.2 Å². The van der Waals surface area contributed by atoms with Crippen LogP contribution >= 0.6 is 0 Å². The predicted octanol–water partition coefficient (Wildman–Crippen LogP) is 0.299. The van der Waals surface area contributed by atoms with Crippen molar-refractivity contribution >= 4 is 11.9 Å². The van der Waals surface area contributed by atoms with Crippen molar-refractivity contribution < 1.29 is 28.5 Å². The van der Waals surface area contributed by atoms with Crippen molar-refractivity contribution in [2.75, 3.05) is 48.1 Å². The largest absolute Gasteiger partial charge is 0.493 e. The zero-order valence-electron chi connectivity index (χ0n) is 14.3. The van der Waals surface area contributed by atoms with Gasteiger partial charge in [-0.05, 0) is 12.1 Å². The lowest BCUT2D eigenvalue weighted by molar-refractivity contribution is -0.146. The maximum absolute atomic E-state index is 12.9. The van der Waals surface area contributed by atoms with Crippen LogP contribution in [0.1, 0.15) is 10.4 Å². The Labute approximate surface area is 140 Å². The summed E-state index contributed by atoms with van der Waals surface area (Å²) in [6, 6.07) is 2.47. The molecule has 0 spiro atoms. The van der Waals surface area contributed by atoms with Crippen molar-refractivity contribution in [3.8, 4) is 17.2 Å². The number of amides is 1. The first-order chi connectivity index (χ1) is 11.6. The number of benzene rings is 1. The number of ether oxygens (including phenoxy) is 4. The van der Waals surface area contributed by atoms with Crippen LogP contribution in [0.15, 0.2) is 12.1 Å².